The number of nitrogens with zero attached hydrogens (tertiary/aromatic N) is 1. The van der Waals surface area contributed by atoms with Crippen molar-refractivity contribution in [3.8, 4) is 17.2 Å². The normalized spacial score (nSPS) is 11.7. The molecule has 30 heavy (non-hydrogen) atoms. The Morgan fingerprint density at radius 3 is 2.47 bits per heavy atom. The van der Waals surface area contributed by atoms with Gasteiger partial charge in [-0.15, -0.1) is 0 Å². The van der Waals surface area contributed by atoms with Gasteiger partial charge in [-0.3, -0.25) is 0 Å². The standard InChI is InChI=1S/C23H19F3N2O2/c1-29-19-9-6-16-11-17(22(28-20(16)12-19)21-3-2-10-30-21)14-27-13-15-4-7-18(8-5-15)23(24,25)26/h2-12,27H,13-14H2,1H3. The molecule has 0 atom stereocenters. The summed E-state index contributed by atoms with van der Waals surface area (Å²) in [5, 5.41) is 4.23. The van der Waals surface area contributed by atoms with Crippen LogP contribution in [0, 0.1) is 0 Å². The van der Waals surface area contributed by atoms with Crippen molar-refractivity contribution in [2.45, 2.75) is 19.3 Å². The number of hydrogen-bond donors (Lipinski definition) is 1. The molecule has 2 aromatic heterocycles. The number of aromatic nitrogens is 1. The van der Waals surface area contributed by atoms with Gasteiger partial charge in [0, 0.05) is 24.5 Å². The molecular formula is C23H19F3N2O2. The van der Waals surface area contributed by atoms with Gasteiger partial charge in [0.2, 0.25) is 0 Å². The lowest BCUT2D eigenvalue weighted by molar-refractivity contribution is -0.137. The molecule has 154 valence electrons. The highest BCUT2D eigenvalue weighted by Gasteiger charge is 2.29. The first kappa shape index (κ1) is 20.0. The van der Waals surface area contributed by atoms with E-state index in [1.807, 2.05) is 30.3 Å². The first-order chi connectivity index (χ1) is 14.4. The molecule has 1 N–H and O–H groups in total. The van der Waals surface area contributed by atoms with Crippen LogP contribution in [0.5, 0.6) is 5.75 Å². The van der Waals surface area contributed by atoms with Crippen LogP contribution < -0.4 is 10.1 Å². The third-order valence-electron chi connectivity index (χ3n) is 4.78. The molecule has 0 aliphatic carbocycles. The molecule has 0 saturated heterocycles. The van der Waals surface area contributed by atoms with E-state index in [2.05, 4.69) is 5.32 Å². The number of fused-ring (bicyclic) bond motifs is 1. The van der Waals surface area contributed by atoms with E-state index in [1.54, 1.807) is 19.4 Å². The molecule has 0 aliphatic rings. The Morgan fingerprint density at radius 2 is 1.80 bits per heavy atom. The molecule has 2 aromatic carbocycles. The maximum absolute atomic E-state index is 12.7. The van der Waals surface area contributed by atoms with Gasteiger partial charge in [0.15, 0.2) is 5.76 Å². The van der Waals surface area contributed by atoms with Crippen molar-refractivity contribution in [1.29, 1.82) is 0 Å². The van der Waals surface area contributed by atoms with Crippen molar-refractivity contribution < 1.29 is 22.3 Å². The summed E-state index contributed by atoms with van der Waals surface area (Å²) in [5.74, 6) is 1.36. The van der Waals surface area contributed by atoms with Gasteiger partial charge < -0.3 is 14.5 Å². The molecule has 0 radical (unpaired) electrons. The quantitative estimate of drug-likeness (QED) is 0.434. The molecule has 4 aromatic rings. The van der Waals surface area contributed by atoms with Crippen LogP contribution >= 0.6 is 0 Å². The summed E-state index contributed by atoms with van der Waals surface area (Å²) in [6, 6.07) is 16.5. The van der Waals surface area contributed by atoms with E-state index < -0.39 is 11.7 Å². The molecule has 0 amide bonds. The Morgan fingerprint density at radius 1 is 1.00 bits per heavy atom. The lowest BCUT2D eigenvalue weighted by Crippen LogP contribution is -2.14. The number of pyridine rings is 1. The molecule has 4 nitrogen and oxygen atoms in total. The highest BCUT2D eigenvalue weighted by molar-refractivity contribution is 5.84. The second kappa shape index (κ2) is 8.20. The lowest BCUT2D eigenvalue weighted by Gasteiger charge is -2.12. The Balaban J connectivity index is 1.56. The summed E-state index contributed by atoms with van der Waals surface area (Å²) in [5.41, 5.74) is 2.53. The van der Waals surface area contributed by atoms with E-state index in [1.165, 1.54) is 12.1 Å². The third kappa shape index (κ3) is 4.31. The molecule has 7 heteroatoms. The predicted octanol–water partition coefficient (Wildman–Crippen LogP) is 5.81. The first-order valence-electron chi connectivity index (χ1n) is 9.32. The lowest BCUT2D eigenvalue weighted by atomic mass is 10.1. The summed E-state index contributed by atoms with van der Waals surface area (Å²) in [7, 11) is 1.61. The number of benzene rings is 2. The van der Waals surface area contributed by atoms with Crippen LogP contribution in [0.3, 0.4) is 0 Å². The van der Waals surface area contributed by atoms with Gasteiger partial charge in [-0.1, -0.05) is 12.1 Å². The molecule has 0 spiro atoms. The molecule has 2 heterocycles. The van der Waals surface area contributed by atoms with E-state index in [-0.39, 0.29) is 0 Å². The summed E-state index contributed by atoms with van der Waals surface area (Å²) in [6.07, 6.45) is -2.74. The molecule has 4 rings (SSSR count). The number of ether oxygens (including phenoxy) is 1. The molecule has 0 fully saturated rings. The molecule has 0 aliphatic heterocycles. The highest BCUT2D eigenvalue weighted by Crippen LogP contribution is 2.30. The maximum atomic E-state index is 12.7. The zero-order valence-corrected chi connectivity index (χ0v) is 16.2. The van der Waals surface area contributed by atoms with E-state index in [9.17, 15) is 13.2 Å². The number of nitrogens with one attached hydrogen (secondary N) is 1. The number of rotatable bonds is 6. The average molecular weight is 412 g/mol. The van der Waals surface area contributed by atoms with Crippen molar-refractivity contribution in [1.82, 2.24) is 10.3 Å². The van der Waals surface area contributed by atoms with E-state index in [0.717, 1.165) is 34.2 Å². The molecule has 0 saturated carbocycles. The van der Waals surface area contributed by atoms with Crippen molar-refractivity contribution in [3.05, 3.63) is 83.6 Å². The number of alkyl halides is 3. The second-order valence-corrected chi connectivity index (χ2v) is 6.83. The summed E-state index contributed by atoms with van der Waals surface area (Å²) >= 11 is 0. The Kier molecular flexibility index (Phi) is 5.46. The maximum Gasteiger partial charge on any atom is 0.416 e. The largest absolute Gasteiger partial charge is 0.497 e. The number of furan rings is 1. The van der Waals surface area contributed by atoms with E-state index in [4.69, 9.17) is 14.1 Å². The minimum absolute atomic E-state index is 0.427. The van der Waals surface area contributed by atoms with Crippen LogP contribution in [0.1, 0.15) is 16.7 Å². The topological polar surface area (TPSA) is 47.3 Å². The van der Waals surface area contributed by atoms with Crippen LogP contribution in [-0.2, 0) is 19.3 Å². The highest BCUT2D eigenvalue weighted by atomic mass is 19.4. The van der Waals surface area contributed by atoms with Crippen molar-refractivity contribution in [3.63, 3.8) is 0 Å². The van der Waals surface area contributed by atoms with Crippen LogP contribution in [-0.4, -0.2) is 12.1 Å². The molecule has 0 bridgehead atoms. The van der Waals surface area contributed by atoms with Gasteiger partial charge >= 0.3 is 6.18 Å². The van der Waals surface area contributed by atoms with Gasteiger partial charge in [-0.2, -0.15) is 13.2 Å². The van der Waals surface area contributed by atoms with Gasteiger partial charge in [-0.25, -0.2) is 4.98 Å². The van der Waals surface area contributed by atoms with Crippen LogP contribution in [0.4, 0.5) is 13.2 Å². The molecular weight excluding hydrogens is 393 g/mol. The van der Waals surface area contributed by atoms with Gasteiger partial charge in [0.05, 0.1) is 24.5 Å². The van der Waals surface area contributed by atoms with Crippen molar-refractivity contribution >= 4 is 10.9 Å². The zero-order chi connectivity index (χ0) is 21.1. The van der Waals surface area contributed by atoms with Gasteiger partial charge in [-0.05, 0) is 53.6 Å². The molecule has 0 unspecified atom stereocenters. The fraction of sp³-hybridized carbons (Fsp3) is 0.174. The zero-order valence-electron chi connectivity index (χ0n) is 16.2. The Bertz CT molecular complexity index is 1140. The average Bonchev–Trinajstić information content (AvgIpc) is 3.27. The Hall–Kier alpha value is -3.32. The van der Waals surface area contributed by atoms with Crippen molar-refractivity contribution in [2.75, 3.05) is 7.11 Å². The fourth-order valence-corrected chi connectivity index (χ4v) is 3.23. The Labute approximate surface area is 171 Å². The second-order valence-electron chi connectivity index (χ2n) is 6.83. The number of methoxy groups -OCH3 is 1. The van der Waals surface area contributed by atoms with E-state index >= 15 is 0 Å². The summed E-state index contributed by atoms with van der Waals surface area (Å²) in [4.78, 5) is 4.75. The third-order valence-corrected chi connectivity index (χ3v) is 4.78. The van der Waals surface area contributed by atoms with E-state index in [0.29, 0.717) is 30.3 Å². The number of halogens is 3. The minimum Gasteiger partial charge on any atom is -0.497 e. The minimum atomic E-state index is -4.33. The van der Waals surface area contributed by atoms with Gasteiger partial charge in [0.25, 0.3) is 0 Å². The first-order valence-corrected chi connectivity index (χ1v) is 9.32. The van der Waals surface area contributed by atoms with Gasteiger partial charge in [0.1, 0.15) is 11.4 Å². The predicted molar refractivity (Wildman–Crippen MR) is 108 cm³/mol. The number of hydrogen-bond acceptors (Lipinski definition) is 4. The monoisotopic (exact) mass is 412 g/mol. The van der Waals surface area contributed by atoms with Crippen LogP contribution in [0.2, 0.25) is 0 Å². The SMILES string of the molecule is COc1ccc2cc(CNCc3ccc(C(F)(F)F)cc3)c(-c3ccco3)nc2c1. The summed E-state index contributed by atoms with van der Waals surface area (Å²) in [6.45, 7) is 0.905. The fourth-order valence-electron chi connectivity index (χ4n) is 3.23. The summed E-state index contributed by atoms with van der Waals surface area (Å²) < 4.78 is 49.0. The van der Waals surface area contributed by atoms with Crippen LogP contribution in [0.25, 0.3) is 22.4 Å². The smallest absolute Gasteiger partial charge is 0.416 e. The van der Waals surface area contributed by atoms with Crippen LogP contribution in [0.15, 0.2) is 71.3 Å². The van der Waals surface area contributed by atoms with Crippen molar-refractivity contribution in [2.24, 2.45) is 0 Å².